The second kappa shape index (κ2) is 8.10. The Labute approximate surface area is 179 Å². The summed E-state index contributed by atoms with van der Waals surface area (Å²) >= 11 is 0. The van der Waals surface area contributed by atoms with Crippen molar-refractivity contribution in [3.63, 3.8) is 0 Å². The third kappa shape index (κ3) is 3.72. The largest absolute Gasteiger partial charge is 0.390 e. The normalized spacial score (nSPS) is 50.7. The highest BCUT2D eigenvalue weighted by atomic mass is 19.1. The third-order valence-corrected chi connectivity index (χ3v) is 10.8. The first kappa shape index (κ1) is 22.1. The molecule has 4 aliphatic rings. The maximum absolute atomic E-state index is 14.6. The van der Waals surface area contributed by atoms with Crippen molar-refractivity contribution < 1.29 is 9.50 Å². The van der Waals surface area contributed by atoms with Crippen molar-refractivity contribution >= 4 is 0 Å². The predicted octanol–water partition coefficient (Wildman–Crippen LogP) is 7.42. The highest BCUT2D eigenvalue weighted by Crippen LogP contribution is 2.68. The molecule has 10 atom stereocenters. The molecule has 0 amide bonds. The minimum absolute atomic E-state index is 0.129. The van der Waals surface area contributed by atoms with Crippen molar-refractivity contribution in [3.8, 4) is 0 Å². The molecule has 4 saturated carbocycles. The monoisotopic (exact) mass is 406 g/mol. The fourth-order valence-electron chi connectivity index (χ4n) is 9.26. The first-order valence-corrected chi connectivity index (χ1v) is 13.0. The summed E-state index contributed by atoms with van der Waals surface area (Å²) in [7, 11) is 0. The van der Waals surface area contributed by atoms with Gasteiger partial charge in [-0.15, -0.1) is 0 Å². The van der Waals surface area contributed by atoms with Crippen LogP contribution in [-0.2, 0) is 0 Å². The van der Waals surface area contributed by atoms with E-state index in [1.54, 1.807) is 0 Å². The van der Waals surface area contributed by atoms with Crippen LogP contribution in [-0.4, -0.2) is 17.4 Å². The Bertz CT molecular complexity index is 575. The van der Waals surface area contributed by atoms with Crippen LogP contribution >= 0.6 is 0 Å². The minimum Gasteiger partial charge on any atom is -0.390 e. The second-order valence-corrected chi connectivity index (χ2v) is 12.7. The molecule has 0 saturated heterocycles. The van der Waals surface area contributed by atoms with Crippen LogP contribution < -0.4 is 0 Å². The van der Waals surface area contributed by atoms with Gasteiger partial charge in [-0.25, -0.2) is 4.39 Å². The number of alkyl halides is 1. The zero-order valence-corrected chi connectivity index (χ0v) is 19.8. The fraction of sp³-hybridized carbons (Fsp3) is 1.00. The van der Waals surface area contributed by atoms with Gasteiger partial charge in [-0.05, 0) is 104 Å². The van der Waals surface area contributed by atoms with Crippen molar-refractivity contribution in [1.29, 1.82) is 0 Å². The van der Waals surface area contributed by atoms with E-state index in [0.717, 1.165) is 29.6 Å². The number of hydrogen-bond donors (Lipinski definition) is 1. The molecule has 4 fully saturated rings. The standard InChI is InChI=1S/C27H47FO/c1-17(2)7-6-8-18(3)21-11-12-22-20-10-9-19-15-25(29)24(28)16-27(19,5)23(20)13-14-26(21,22)4/h17-25,29H,6-16H2,1-5H3/t18-,19+,20+,21-,22+,23+,24-,25+,26-,27+/m1/s1. The van der Waals surface area contributed by atoms with Gasteiger partial charge in [0.25, 0.3) is 0 Å². The van der Waals surface area contributed by atoms with Crippen molar-refractivity contribution in [2.75, 3.05) is 0 Å². The Morgan fingerprint density at radius 2 is 1.66 bits per heavy atom. The summed E-state index contributed by atoms with van der Waals surface area (Å²) in [5.41, 5.74) is 0.648. The van der Waals surface area contributed by atoms with Crippen LogP contribution in [0.4, 0.5) is 4.39 Å². The lowest BCUT2D eigenvalue weighted by Gasteiger charge is -2.61. The summed E-state index contributed by atoms with van der Waals surface area (Å²) in [6, 6.07) is 0. The Kier molecular flexibility index (Phi) is 6.17. The molecule has 29 heavy (non-hydrogen) atoms. The molecular formula is C27H47FO. The Morgan fingerprint density at radius 3 is 2.38 bits per heavy atom. The molecule has 0 aliphatic heterocycles. The molecule has 168 valence electrons. The lowest BCUT2D eigenvalue weighted by atomic mass is 9.44. The Morgan fingerprint density at radius 1 is 0.931 bits per heavy atom. The number of aliphatic hydroxyl groups excluding tert-OH is 1. The smallest absolute Gasteiger partial charge is 0.126 e. The van der Waals surface area contributed by atoms with Crippen LogP contribution in [0.3, 0.4) is 0 Å². The molecule has 0 aromatic carbocycles. The molecule has 0 heterocycles. The lowest BCUT2D eigenvalue weighted by Crippen LogP contribution is -2.56. The van der Waals surface area contributed by atoms with Gasteiger partial charge < -0.3 is 5.11 Å². The van der Waals surface area contributed by atoms with Crippen molar-refractivity contribution in [2.45, 2.75) is 118 Å². The van der Waals surface area contributed by atoms with E-state index >= 15 is 0 Å². The van der Waals surface area contributed by atoms with Gasteiger partial charge in [-0.3, -0.25) is 0 Å². The molecule has 4 rings (SSSR count). The van der Waals surface area contributed by atoms with Gasteiger partial charge in [0.2, 0.25) is 0 Å². The van der Waals surface area contributed by atoms with E-state index < -0.39 is 12.3 Å². The molecule has 2 heteroatoms. The van der Waals surface area contributed by atoms with Crippen LogP contribution in [0.1, 0.15) is 105 Å². The topological polar surface area (TPSA) is 20.2 Å². The van der Waals surface area contributed by atoms with Gasteiger partial charge in [-0.1, -0.05) is 53.9 Å². The quantitative estimate of drug-likeness (QED) is 0.504. The van der Waals surface area contributed by atoms with Crippen LogP contribution in [0.5, 0.6) is 0 Å². The molecular weight excluding hydrogens is 359 g/mol. The minimum atomic E-state index is -0.999. The van der Waals surface area contributed by atoms with Gasteiger partial charge in [-0.2, -0.15) is 0 Å². The fourth-order valence-corrected chi connectivity index (χ4v) is 9.26. The Balaban J connectivity index is 1.47. The van der Waals surface area contributed by atoms with Crippen molar-refractivity contribution in [1.82, 2.24) is 0 Å². The van der Waals surface area contributed by atoms with Gasteiger partial charge >= 0.3 is 0 Å². The highest BCUT2D eigenvalue weighted by Gasteiger charge is 2.61. The second-order valence-electron chi connectivity index (χ2n) is 12.7. The van der Waals surface area contributed by atoms with E-state index in [4.69, 9.17) is 0 Å². The molecule has 1 nitrogen and oxygen atoms in total. The van der Waals surface area contributed by atoms with Crippen LogP contribution in [0.25, 0.3) is 0 Å². The summed E-state index contributed by atoms with van der Waals surface area (Å²) in [6.45, 7) is 12.3. The van der Waals surface area contributed by atoms with Gasteiger partial charge in [0.05, 0.1) is 6.10 Å². The van der Waals surface area contributed by atoms with E-state index in [2.05, 4.69) is 34.6 Å². The number of aliphatic hydroxyl groups is 1. The number of fused-ring (bicyclic) bond motifs is 5. The van der Waals surface area contributed by atoms with Crippen LogP contribution in [0.15, 0.2) is 0 Å². The molecule has 0 aromatic heterocycles. The summed E-state index contributed by atoms with van der Waals surface area (Å²) in [5, 5.41) is 10.1. The molecule has 0 aromatic rings. The molecule has 4 aliphatic carbocycles. The Hall–Kier alpha value is -0.110. The first-order chi connectivity index (χ1) is 13.7. The zero-order valence-electron chi connectivity index (χ0n) is 19.8. The van der Waals surface area contributed by atoms with E-state index in [1.807, 2.05) is 0 Å². The van der Waals surface area contributed by atoms with Crippen molar-refractivity contribution in [2.24, 2.45) is 52.3 Å². The number of hydrogen-bond acceptors (Lipinski definition) is 1. The summed E-state index contributed by atoms with van der Waals surface area (Å²) in [6.07, 6.45) is 11.9. The first-order valence-electron chi connectivity index (χ1n) is 13.0. The molecule has 0 bridgehead atoms. The van der Waals surface area contributed by atoms with Gasteiger partial charge in [0.15, 0.2) is 0 Å². The van der Waals surface area contributed by atoms with E-state index in [9.17, 15) is 9.50 Å². The molecule has 0 spiro atoms. The van der Waals surface area contributed by atoms with Crippen LogP contribution in [0, 0.1) is 52.3 Å². The predicted molar refractivity (Wildman–Crippen MR) is 119 cm³/mol. The van der Waals surface area contributed by atoms with Crippen LogP contribution in [0.2, 0.25) is 0 Å². The van der Waals surface area contributed by atoms with Crippen molar-refractivity contribution in [3.05, 3.63) is 0 Å². The van der Waals surface area contributed by atoms with Gasteiger partial charge in [0, 0.05) is 0 Å². The highest BCUT2D eigenvalue weighted by molar-refractivity contribution is 5.10. The average Bonchev–Trinajstić information content (AvgIpc) is 3.00. The van der Waals surface area contributed by atoms with E-state index in [-0.39, 0.29) is 5.41 Å². The summed E-state index contributed by atoms with van der Waals surface area (Å²) < 4.78 is 14.6. The number of halogens is 1. The molecule has 0 radical (unpaired) electrons. The van der Waals surface area contributed by atoms with E-state index in [0.29, 0.717) is 30.1 Å². The number of rotatable bonds is 5. The van der Waals surface area contributed by atoms with Gasteiger partial charge in [0.1, 0.15) is 6.17 Å². The summed E-state index contributed by atoms with van der Waals surface area (Å²) in [4.78, 5) is 0. The lowest BCUT2D eigenvalue weighted by molar-refractivity contribution is -0.147. The third-order valence-electron chi connectivity index (χ3n) is 10.8. The zero-order chi connectivity index (χ0) is 21.0. The SMILES string of the molecule is CC(C)CCC[C@@H](C)[C@H]1CC[C@H]2[C@@H]3CC[C@H]4C[C@H](O)[C@H](F)C[C@]4(C)[C@H]3CC[C@]12C. The maximum atomic E-state index is 14.6. The molecule has 0 unspecified atom stereocenters. The summed E-state index contributed by atoms with van der Waals surface area (Å²) in [5.74, 6) is 5.49. The molecule has 1 N–H and O–H groups in total. The average molecular weight is 407 g/mol. The maximum Gasteiger partial charge on any atom is 0.126 e. The van der Waals surface area contributed by atoms with E-state index in [1.165, 1.54) is 57.8 Å².